The van der Waals surface area contributed by atoms with Crippen LogP contribution in [-0.4, -0.2) is 41.0 Å². The van der Waals surface area contributed by atoms with Gasteiger partial charge >= 0.3 is 0 Å². The Hall–Kier alpha value is -2.11. The van der Waals surface area contributed by atoms with Gasteiger partial charge in [0.25, 0.3) is 5.91 Å². The summed E-state index contributed by atoms with van der Waals surface area (Å²) in [6.45, 7) is 1.27. The van der Waals surface area contributed by atoms with Gasteiger partial charge in [0.15, 0.2) is 0 Å². The summed E-state index contributed by atoms with van der Waals surface area (Å²) in [6.07, 6.45) is 5.63. The molecule has 6 heteroatoms. The lowest BCUT2D eigenvalue weighted by Gasteiger charge is -2.34. The number of carbonyl (C=O) groups is 2. The first kappa shape index (κ1) is 16.7. The van der Waals surface area contributed by atoms with Crippen molar-refractivity contribution in [2.24, 2.45) is 5.92 Å². The number of halogens is 1. The third-order valence-corrected chi connectivity index (χ3v) is 5.05. The van der Waals surface area contributed by atoms with Gasteiger partial charge in [-0.05, 0) is 43.9 Å². The van der Waals surface area contributed by atoms with Gasteiger partial charge in [0.2, 0.25) is 5.91 Å². The minimum Gasteiger partial charge on any atom is -0.507 e. The summed E-state index contributed by atoms with van der Waals surface area (Å²) in [4.78, 5) is 26.5. The Bertz CT molecular complexity index is 621. The Labute approximate surface area is 140 Å². The van der Waals surface area contributed by atoms with Crippen molar-refractivity contribution in [1.29, 1.82) is 0 Å². The molecule has 1 aromatic rings. The molecule has 130 valence electrons. The molecule has 0 radical (unpaired) electrons. The largest absolute Gasteiger partial charge is 0.507 e. The van der Waals surface area contributed by atoms with Gasteiger partial charge in [0.05, 0.1) is 5.56 Å². The van der Waals surface area contributed by atoms with Crippen LogP contribution in [0.1, 0.15) is 48.9 Å². The van der Waals surface area contributed by atoms with Gasteiger partial charge in [-0.25, -0.2) is 4.39 Å². The van der Waals surface area contributed by atoms with E-state index in [4.69, 9.17) is 0 Å². The summed E-state index contributed by atoms with van der Waals surface area (Å²) in [5.41, 5.74) is -0.0561. The van der Waals surface area contributed by atoms with E-state index in [1.807, 2.05) is 4.90 Å². The van der Waals surface area contributed by atoms with Gasteiger partial charge < -0.3 is 15.3 Å². The van der Waals surface area contributed by atoms with Crippen molar-refractivity contribution >= 4 is 11.8 Å². The first-order valence-corrected chi connectivity index (χ1v) is 8.63. The van der Waals surface area contributed by atoms with Crippen molar-refractivity contribution < 1.29 is 19.1 Å². The maximum absolute atomic E-state index is 13.2. The Balaban J connectivity index is 1.52. The number of carbonyl (C=O) groups excluding carboxylic acids is 2. The van der Waals surface area contributed by atoms with E-state index in [2.05, 4.69) is 5.32 Å². The predicted molar refractivity (Wildman–Crippen MR) is 87.1 cm³/mol. The first-order chi connectivity index (χ1) is 11.5. The van der Waals surface area contributed by atoms with Crippen LogP contribution in [0, 0.1) is 11.7 Å². The summed E-state index contributed by atoms with van der Waals surface area (Å²) in [5.74, 6) is -0.842. The number of piperidine rings is 1. The SMILES string of the molecule is O=C(NC1CCN(C(=O)C2CCCC2)CC1)c1cc(F)ccc1O. The number of amides is 2. The van der Waals surface area contributed by atoms with Crippen molar-refractivity contribution in [3.05, 3.63) is 29.6 Å². The Morgan fingerprint density at radius 3 is 2.46 bits per heavy atom. The van der Waals surface area contributed by atoms with Gasteiger partial charge in [-0.2, -0.15) is 0 Å². The third-order valence-electron chi connectivity index (χ3n) is 5.05. The molecule has 2 fully saturated rings. The highest BCUT2D eigenvalue weighted by Gasteiger charge is 2.30. The molecule has 1 aliphatic heterocycles. The molecule has 0 aromatic heterocycles. The molecule has 1 saturated heterocycles. The lowest BCUT2D eigenvalue weighted by molar-refractivity contribution is -0.136. The molecule has 0 atom stereocenters. The van der Waals surface area contributed by atoms with E-state index >= 15 is 0 Å². The van der Waals surface area contributed by atoms with E-state index in [-0.39, 0.29) is 29.2 Å². The number of benzene rings is 1. The van der Waals surface area contributed by atoms with Crippen molar-refractivity contribution in [2.45, 2.75) is 44.6 Å². The van der Waals surface area contributed by atoms with Gasteiger partial charge in [-0.1, -0.05) is 12.8 Å². The van der Waals surface area contributed by atoms with Crippen LogP contribution in [0.5, 0.6) is 5.75 Å². The van der Waals surface area contributed by atoms with E-state index in [0.717, 1.165) is 37.8 Å². The van der Waals surface area contributed by atoms with E-state index in [0.29, 0.717) is 25.9 Å². The number of phenols is 1. The highest BCUT2D eigenvalue weighted by molar-refractivity contribution is 5.97. The number of hydrogen-bond donors (Lipinski definition) is 2. The molecule has 1 aromatic carbocycles. The van der Waals surface area contributed by atoms with Gasteiger partial charge in [0, 0.05) is 25.0 Å². The van der Waals surface area contributed by atoms with E-state index < -0.39 is 11.7 Å². The highest BCUT2D eigenvalue weighted by atomic mass is 19.1. The van der Waals surface area contributed by atoms with Gasteiger partial charge in [-0.3, -0.25) is 9.59 Å². The molecule has 0 unspecified atom stereocenters. The average molecular weight is 334 g/mol. The minimum atomic E-state index is -0.560. The minimum absolute atomic E-state index is 0.0561. The van der Waals surface area contributed by atoms with Crippen LogP contribution in [0.3, 0.4) is 0 Å². The molecule has 1 aliphatic carbocycles. The molecule has 2 amide bonds. The van der Waals surface area contributed by atoms with E-state index in [1.54, 1.807) is 0 Å². The lowest BCUT2D eigenvalue weighted by atomic mass is 10.0. The maximum Gasteiger partial charge on any atom is 0.255 e. The second-order valence-corrected chi connectivity index (χ2v) is 6.72. The highest BCUT2D eigenvalue weighted by Crippen LogP contribution is 2.27. The molecule has 5 nitrogen and oxygen atoms in total. The average Bonchev–Trinajstić information content (AvgIpc) is 3.11. The zero-order valence-electron chi connectivity index (χ0n) is 13.6. The molecule has 0 spiro atoms. The van der Waals surface area contributed by atoms with E-state index in [1.165, 1.54) is 6.07 Å². The molecular formula is C18H23FN2O3. The molecule has 0 bridgehead atoms. The smallest absolute Gasteiger partial charge is 0.255 e. The maximum atomic E-state index is 13.2. The molecule has 2 N–H and O–H groups in total. The molecule has 3 rings (SSSR count). The number of hydrogen-bond acceptors (Lipinski definition) is 3. The fraction of sp³-hybridized carbons (Fsp3) is 0.556. The number of nitrogens with zero attached hydrogens (tertiary/aromatic N) is 1. The summed E-state index contributed by atoms with van der Waals surface area (Å²) >= 11 is 0. The van der Waals surface area contributed by atoms with Crippen LogP contribution in [0.2, 0.25) is 0 Å². The second kappa shape index (κ2) is 7.20. The van der Waals surface area contributed by atoms with Crippen molar-refractivity contribution in [2.75, 3.05) is 13.1 Å². The lowest BCUT2D eigenvalue weighted by Crippen LogP contribution is -2.47. The zero-order chi connectivity index (χ0) is 17.1. The zero-order valence-corrected chi connectivity index (χ0v) is 13.6. The fourth-order valence-corrected chi connectivity index (χ4v) is 3.63. The number of rotatable bonds is 3. The van der Waals surface area contributed by atoms with E-state index in [9.17, 15) is 19.1 Å². The third kappa shape index (κ3) is 3.68. The van der Waals surface area contributed by atoms with Crippen molar-refractivity contribution in [1.82, 2.24) is 10.2 Å². The van der Waals surface area contributed by atoms with Crippen molar-refractivity contribution in [3.63, 3.8) is 0 Å². The monoisotopic (exact) mass is 334 g/mol. The standard InChI is InChI=1S/C18H23FN2O3/c19-13-5-6-16(22)15(11-13)17(23)20-14-7-9-21(10-8-14)18(24)12-3-1-2-4-12/h5-6,11-12,14,22H,1-4,7-10H2,(H,20,23). The van der Waals surface area contributed by atoms with Crippen LogP contribution in [-0.2, 0) is 4.79 Å². The van der Waals surface area contributed by atoms with Gasteiger partial charge in [-0.15, -0.1) is 0 Å². The summed E-state index contributed by atoms with van der Waals surface area (Å²) < 4.78 is 13.2. The molecule has 24 heavy (non-hydrogen) atoms. The molecule has 1 saturated carbocycles. The quantitative estimate of drug-likeness (QED) is 0.892. The molecular weight excluding hydrogens is 311 g/mol. The molecule has 1 heterocycles. The summed E-state index contributed by atoms with van der Waals surface area (Å²) in [5, 5.41) is 12.5. The van der Waals surface area contributed by atoms with Crippen molar-refractivity contribution in [3.8, 4) is 5.75 Å². The first-order valence-electron chi connectivity index (χ1n) is 8.63. The summed E-state index contributed by atoms with van der Waals surface area (Å²) in [6, 6.07) is 3.25. The Kier molecular flexibility index (Phi) is 5.02. The number of phenolic OH excluding ortho intramolecular Hbond substituents is 1. The Morgan fingerprint density at radius 2 is 1.79 bits per heavy atom. The predicted octanol–water partition coefficient (Wildman–Crippen LogP) is 2.44. The van der Waals surface area contributed by atoms with Gasteiger partial charge in [0.1, 0.15) is 11.6 Å². The number of likely N-dealkylation sites (tertiary alicyclic amines) is 1. The number of aromatic hydroxyl groups is 1. The van der Waals surface area contributed by atoms with Crippen LogP contribution in [0.25, 0.3) is 0 Å². The topological polar surface area (TPSA) is 69.6 Å². The second-order valence-electron chi connectivity index (χ2n) is 6.72. The van der Waals surface area contributed by atoms with Crippen LogP contribution in [0.4, 0.5) is 4.39 Å². The number of nitrogens with one attached hydrogen (secondary N) is 1. The Morgan fingerprint density at radius 1 is 1.12 bits per heavy atom. The summed E-state index contributed by atoms with van der Waals surface area (Å²) in [7, 11) is 0. The molecule has 2 aliphatic rings. The van der Waals surface area contributed by atoms with Crippen LogP contribution in [0.15, 0.2) is 18.2 Å². The fourth-order valence-electron chi connectivity index (χ4n) is 3.63. The normalized spacial score (nSPS) is 19.5. The van der Waals surface area contributed by atoms with Crippen LogP contribution >= 0.6 is 0 Å². The van der Waals surface area contributed by atoms with Crippen LogP contribution < -0.4 is 5.32 Å².